The van der Waals surface area contributed by atoms with Crippen molar-refractivity contribution in [3.63, 3.8) is 0 Å². The van der Waals surface area contributed by atoms with Gasteiger partial charge in [0.1, 0.15) is 13.2 Å². The summed E-state index contributed by atoms with van der Waals surface area (Å²) >= 11 is 0. The van der Waals surface area contributed by atoms with Crippen LogP contribution in [0.1, 0.15) is 44.5 Å². The Morgan fingerprint density at radius 2 is 0.588 bits per heavy atom. The molecule has 0 saturated heterocycles. The van der Waals surface area contributed by atoms with Crippen molar-refractivity contribution in [2.24, 2.45) is 0 Å². The van der Waals surface area contributed by atoms with Crippen LogP contribution in [0.2, 0.25) is 0 Å². The zero-order valence-corrected chi connectivity index (χ0v) is 29.1. The molecule has 0 unspecified atom stereocenters. The predicted molar refractivity (Wildman–Crippen MR) is 189 cm³/mol. The molecule has 10 heteroatoms. The second-order valence-corrected chi connectivity index (χ2v) is 11.9. The molecular formula is C41H44O10. The van der Waals surface area contributed by atoms with Crippen LogP contribution in [0.15, 0.2) is 97.1 Å². The first-order chi connectivity index (χ1) is 24.8. The smallest absolute Gasteiger partial charge is 0.313 e. The highest BCUT2D eigenvalue weighted by Crippen LogP contribution is 2.15. The van der Waals surface area contributed by atoms with E-state index < -0.39 is 18.7 Å². The second-order valence-electron chi connectivity index (χ2n) is 11.9. The Balaban J connectivity index is 1.11. The molecule has 0 saturated carbocycles. The minimum atomic E-state index is -0.494. The number of benzene rings is 4. The van der Waals surface area contributed by atoms with Crippen LogP contribution in [0.4, 0.5) is 0 Å². The van der Waals surface area contributed by atoms with Crippen molar-refractivity contribution in [2.45, 2.75) is 38.5 Å². The molecule has 268 valence electrons. The molecule has 0 aliphatic heterocycles. The standard InChI is InChI=1S/C41H44O10/c1-46-19-21-48-38(42)25-34-11-3-30(4-12-34)23-32-7-15-36(16-8-32)27-40(44)50-29-51-41(45)28-37-17-9-33(10-18-37)24-31-5-13-35(14-6-31)26-39(43)49-22-20-47-2/h3-18H,19-29H2,1-2H3. The van der Waals surface area contributed by atoms with Crippen LogP contribution in [0.25, 0.3) is 0 Å². The van der Waals surface area contributed by atoms with E-state index in [1.165, 1.54) is 0 Å². The fraction of sp³-hybridized carbons (Fsp3) is 0.317. The highest BCUT2D eigenvalue weighted by atomic mass is 16.7. The fourth-order valence-electron chi connectivity index (χ4n) is 5.08. The van der Waals surface area contributed by atoms with Crippen LogP contribution < -0.4 is 0 Å². The first kappa shape index (κ1) is 38.5. The highest BCUT2D eigenvalue weighted by Gasteiger charge is 2.11. The quantitative estimate of drug-likeness (QED) is 0.0530. The summed E-state index contributed by atoms with van der Waals surface area (Å²) in [6, 6.07) is 30.9. The van der Waals surface area contributed by atoms with Crippen LogP contribution in [-0.4, -0.2) is 71.3 Å². The first-order valence-electron chi connectivity index (χ1n) is 16.7. The van der Waals surface area contributed by atoms with Crippen molar-refractivity contribution in [1.29, 1.82) is 0 Å². The summed E-state index contributed by atoms with van der Waals surface area (Å²) in [5, 5.41) is 0. The summed E-state index contributed by atoms with van der Waals surface area (Å²) in [6.45, 7) is 0.780. The third-order valence-electron chi connectivity index (χ3n) is 7.84. The number of rotatable bonds is 20. The summed E-state index contributed by atoms with van der Waals surface area (Å²) in [6.07, 6.45) is 1.93. The molecule has 0 radical (unpaired) electrons. The lowest BCUT2D eigenvalue weighted by atomic mass is 10.0. The second kappa shape index (κ2) is 21.0. The number of carbonyl (C=O) groups is 4. The maximum Gasteiger partial charge on any atom is 0.313 e. The molecule has 51 heavy (non-hydrogen) atoms. The number of hydrogen-bond donors (Lipinski definition) is 0. The minimum Gasteiger partial charge on any atom is -0.463 e. The van der Waals surface area contributed by atoms with Crippen LogP contribution in [0.5, 0.6) is 0 Å². The summed E-state index contributed by atoms with van der Waals surface area (Å²) in [4.78, 5) is 48.4. The molecule has 10 nitrogen and oxygen atoms in total. The molecule has 4 aromatic carbocycles. The average Bonchev–Trinajstić information content (AvgIpc) is 3.12. The molecule has 0 aliphatic rings. The molecule has 4 rings (SSSR count). The largest absolute Gasteiger partial charge is 0.463 e. The molecule has 4 aromatic rings. The molecule has 0 heterocycles. The van der Waals surface area contributed by atoms with Gasteiger partial charge in [-0.2, -0.15) is 0 Å². The Kier molecular flexibility index (Phi) is 15.9. The van der Waals surface area contributed by atoms with Crippen molar-refractivity contribution in [3.8, 4) is 0 Å². The third-order valence-corrected chi connectivity index (χ3v) is 7.84. The molecular weight excluding hydrogens is 652 g/mol. The van der Waals surface area contributed by atoms with Gasteiger partial charge in [0.05, 0.1) is 38.9 Å². The summed E-state index contributed by atoms with van der Waals surface area (Å²) in [5.41, 5.74) is 7.66. The van der Waals surface area contributed by atoms with Gasteiger partial charge in [-0.3, -0.25) is 19.2 Å². The zero-order chi connectivity index (χ0) is 36.3. The highest BCUT2D eigenvalue weighted by molar-refractivity contribution is 5.74. The molecule has 0 N–H and O–H groups in total. The Morgan fingerprint density at radius 3 is 0.843 bits per heavy atom. The topological polar surface area (TPSA) is 124 Å². The van der Waals surface area contributed by atoms with E-state index >= 15 is 0 Å². The van der Waals surface area contributed by atoms with Gasteiger partial charge >= 0.3 is 23.9 Å². The maximum absolute atomic E-state index is 12.3. The number of ether oxygens (including phenoxy) is 6. The van der Waals surface area contributed by atoms with Crippen LogP contribution in [0, 0.1) is 0 Å². The van der Waals surface area contributed by atoms with Crippen molar-refractivity contribution in [2.75, 3.05) is 47.4 Å². The van der Waals surface area contributed by atoms with Crippen molar-refractivity contribution >= 4 is 23.9 Å². The van der Waals surface area contributed by atoms with Crippen molar-refractivity contribution in [3.05, 3.63) is 142 Å². The number of methoxy groups -OCH3 is 2. The molecule has 0 aliphatic carbocycles. The zero-order valence-electron chi connectivity index (χ0n) is 29.1. The normalized spacial score (nSPS) is 10.7. The van der Waals surface area contributed by atoms with E-state index in [0.29, 0.717) is 26.1 Å². The van der Waals surface area contributed by atoms with E-state index in [9.17, 15) is 19.2 Å². The van der Waals surface area contributed by atoms with Gasteiger partial charge in [-0.15, -0.1) is 0 Å². The average molecular weight is 697 g/mol. The molecule has 0 spiro atoms. The van der Waals surface area contributed by atoms with E-state index in [4.69, 9.17) is 28.4 Å². The Labute approximate surface area is 298 Å². The number of esters is 4. The van der Waals surface area contributed by atoms with Gasteiger partial charge < -0.3 is 28.4 Å². The van der Waals surface area contributed by atoms with Gasteiger partial charge in [0.25, 0.3) is 0 Å². The van der Waals surface area contributed by atoms with Crippen LogP contribution in [-0.2, 0) is 86.1 Å². The van der Waals surface area contributed by atoms with E-state index in [0.717, 1.165) is 44.5 Å². The van der Waals surface area contributed by atoms with Gasteiger partial charge in [-0.25, -0.2) is 0 Å². The molecule has 0 amide bonds. The lowest BCUT2D eigenvalue weighted by molar-refractivity contribution is -0.166. The Bertz CT molecular complexity index is 1550. The van der Waals surface area contributed by atoms with Gasteiger partial charge in [0, 0.05) is 14.2 Å². The lowest BCUT2D eigenvalue weighted by Crippen LogP contribution is -2.15. The van der Waals surface area contributed by atoms with Gasteiger partial charge in [0.2, 0.25) is 6.79 Å². The molecule has 0 atom stereocenters. The summed E-state index contributed by atoms with van der Waals surface area (Å²) in [7, 11) is 3.11. The van der Waals surface area contributed by atoms with Gasteiger partial charge in [-0.1, -0.05) is 97.1 Å². The number of hydrogen-bond acceptors (Lipinski definition) is 10. The molecule has 0 aromatic heterocycles. The van der Waals surface area contributed by atoms with Crippen molar-refractivity contribution in [1.82, 2.24) is 0 Å². The van der Waals surface area contributed by atoms with Crippen LogP contribution in [0.3, 0.4) is 0 Å². The SMILES string of the molecule is COCCOC(=O)Cc1ccc(Cc2ccc(CC(=O)OCOC(=O)Cc3ccc(Cc4ccc(CC(=O)OCCOC)cc4)cc3)cc2)cc1. The van der Waals surface area contributed by atoms with E-state index in [2.05, 4.69) is 0 Å². The van der Waals surface area contributed by atoms with Crippen molar-refractivity contribution < 1.29 is 47.6 Å². The van der Waals surface area contributed by atoms with Gasteiger partial charge in [-0.05, 0) is 57.3 Å². The first-order valence-corrected chi connectivity index (χ1v) is 16.7. The maximum atomic E-state index is 12.3. The fourth-order valence-corrected chi connectivity index (χ4v) is 5.08. The molecule has 0 bridgehead atoms. The van der Waals surface area contributed by atoms with E-state index in [1.807, 2.05) is 97.1 Å². The molecule has 0 fully saturated rings. The predicted octanol–water partition coefficient (Wildman–Crippen LogP) is 5.16. The number of carbonyl (C=O) groups excluding carboxylic acids is 4. The third kappa shape index (κ3) is 14.6. The minimum absolute atomic E-state index is 0.0542. The monoisotopic (exact) mass is 696 g/mol. The Hall–Kier alpha value is -5.32. The van der Waals surface area contributed by atoms with E-state index in [-0.39, 0.29) is 50.8 Å². The summed E-state index contributed by atoms with van der Waals surface area (Å²) < 4.78 is 30.2. The lowest BCUT2D eigenvalue weighted by Gasteiger charge is -2.09. The summed E-state index contributed by atoms with van der Waals surface area (Å²) in [5.74, 6) is -1.57. The van der Waals surface area contributed by atoms with E-state index in [1.54, 1.807) is 14.2 Å². The Morgan fingerprint density at radius 1 is 0.353 bits per heavy atom. The van der Waals surface area contributed by atoms with Crippen LogP contribution >= 0.6 is 0 Å². The van der Waals surface area contributed by atoms with Gasteiger partial charge in [0.15, 0.2) is 0 Å².